The Balaban J connectivity index is 2.79. The van der Waals surface area contributed by atoms with Crippen molar-refractivity contribution >= 4 is 17.8 Å². The fourth-order valence-electron chi connectivity index (χ4n) is 1.84. The Bertz CT molecular complexity index is 394. The van der Waals surface area contributed by atoms with Crippen LogP contribution >= 0.6 is 0 Å². The van der Waals surface area contributed by atoms with E-state index < -0.39 is 17.7 Å². The average Bonchev–Trinajstić information content (AvgIpc) is 2.30. The van der Waals surface area contributed by atoms with Crippen LogP contribution in [-0.2, 0) is 9.53 Å². The standard InChI is InChI=1S/C10H15N3O5/c1-2-18-8(14)7(12-11)10(17)3-5-13(6-4-10)9(15)16/h11,17H,2-6H2,1H3/p+1. The maximum absolute atomic E-state index is 11.5. The van der Waals surface area contributed by atoms with Crippen LogP contribution in [0.5, 0.6) is 0 Å². The molecule has 3 N–H and O–H groups in total. The summed E-state index contributed by atoms with van der Waals surface area (Å²) in [5.41, 5.74) is 5.01. The molecular weight excluding hydrogens is 242 g/mol. The number of hydrogen-bond donors (Lipinski definition) is 3. The lowest BCUT2D eigenvalue weighted by molar-refractivity contribution is -0.164. The molecule has 0 spiro atoms. The van der Waals surface area contributed by atoms with E-state index in [2.05, 4.69) is 4.79 Å². The van der Waals surface area contributed by atoms with Gasteiger partial charge in [0, 0.05) is 25.9 Å². The Morgan fingerprint density at radius 1 is 1.44 bits per heavy atom. The van der Waals surface area contributed by atoms with Gasteiger partial charge in [-0.25, -0.2) is 9.59 Å². The third kappa shape index (κ3) is 2.85. The van der Waals surface area contributed by atoms with Crippen molar-refractivity contribution in [3.05, 3.63) is 0 Å². The summed E-state index contributed by atoms with van der Waals surface area (Å²) in [7, 11) is 0. The first-order chi connectivity index (χ1) is 8.44. The molecule has 0 atom stereocenters. The third-order valence-electron chi connectivity index (χ3n) is 2.88. The average molecular weight is 258 g/mol. The SMILES string of the molecule is CCOC(=O)C(=[N+]=N)C1(O)CCN(C(=O)O)CC1. The van der Waals surface area contributed by atoms with Gasteiger partial charge in [-0.1, -0.05) is 0 Å². The molecule has 100 valence electrons. The van der Waals surface area contributed by atoms with Crippen molar-refractivity contribution in [3.8, 4) is 0 Å². The lowest BCUT2D eigenvalue weighted by Crippen LogP contribution is -2.53. The van der Waals surface area contributed by atoms with Crippen molar-refractivity contribution in [2.75, 3.05) is 19.7 Å². The van der Waals surface area contributed by atoms with Crippen LogP contribution in [0, 0.1) is 5.53 Å². The van der Waals surface area contributed by atoms with E-state index in [1.54, 1.807) is 6.92 Å². The van der Waals surface area contributed by atoms with Gasteiger partial charge < -0.3 is 19.8 Å². The summed E-state index contributed by atoms with van der Waals surface area (Å²) in [5.74, 6) is -0.834. The molecule has 0 aliphatic carbocycles. The van der Waals surface area contributed by atoms with Gasteiger partial charge >= 0.3 is 17.8 Å². The molecule has 0 saturated carbocycles. The quantitative estimate of drug-likeness (QED) is 0.278. The summed E-state index contributed by atoms with van der Waals surface area (Å²) < 4.78 is 4.71. The number of nitrogens with zero attached hydrogens (tertiary/aromatic N) is 2. The minimum atomic E-state index is -1.58. The zero-order chi connectivity index (χ0) is 13.8. The number of hydrogen-bond acceptors (Lipinski definition) is 5. The Hall–Kier alpha value is -1.92. The summed E-state index contributed by atoms with van der Waals surface area (Å²) in [5, 5.41) is 19.0. The smallest absolute Gasteiger partial charge is 0.455 e. The Morgan fingerprint density at radius 2 is 2.00 bits per heavy atom. The molecule has 8 nitrogen and oxygen atoms in total. The number of esters is 1. The number of nitrogens with one attached hydrogen (secondary N) is 1. The van der Waals surface area contributed by atoms with Crippen LogP contribution in [-0.4, -0.2) is 63.0 Å². The molecule has 1 amide bonds. The van der Waals surface area contributed by atoms with E-state index in [1.165, 1.54) is 0 Å². The first-order valence-corrected chi connectivity index (χ1v) is 5.57. The van der Waals surface area contributed by atoms with E-state index in [0.29, 0.717) is 0 Å². The molecule has 1 fully saturated rings. The molecule has 0 radical (unpaired) electrons. The van der Waals surface area contributed by atoms with Crippen molar-refractivity contribution in [1.29, 1.82) is 5.53 Å². The molecule has 8 heteroatoms. The molecule has 0 bridgehead atoms. The van der Waals surface area contributed by atoms with Gasteiger partial charge in [-0.3, -0.25) is 0 Å². The summed E-state index contributed by atoms with van der Waals surface area (Å²) in [6.07, 6.45) is -1.02. The second-order valence-corrected chi connectivity index (χ2v) is 3.98. The summed E-state index contributed by atoms with van der Waals surface area (Å²) in [6, 6.07) is 0. The van der Waals surface area contributed by atoms with Crippen molar-refractivity contribution in [3.63, 3.8) is 0 Å². The molecule has 1 heterocycles. The lowest BCUT2D eigenvalue weighted by Gasteiger charge is -2.32. The maximum Gasteiger partial charge on any atom is 0.455 e. The normalized spacial score (nSPS) is 17.8. The predicted molar refractivity (Wildman–Crippen MR) is 58.4 cm³/mol. The predicted octanol–water partition coefficient (Wildman–Crippen LogP) is -0.265. The highest BCUT2D eigenvalue weighted by atomic mass is 16.5. The Labute approximate surface area is 103 Å². The molecule has 0 aromatic rings. The Morgan fingerprint density at radius 3 is 2.39 bits per heavy atom. The van der Waals surface area contributed by atoms with Crippen LogP contribution < -0.4 is 0 Å². The number of amides is 1. The molecule has 18 heavy (non-hydrogen) atoms. The van der Waals surface area contributed by atoms with Crippen LogP contribution in [0.3, 0.4) is 0 Å². The van der Waals surface area contributed by atoms with Gasteiger partial charge in [0.05, 0.1) is 16.9 Å². The first-order valence-electron chi connectivity index (χ1n) is 5.57. The number of rotatable bonds is 3. The summed E-state index contributed by atoms with van der Waals surface area (Å²) >= 11 is 0. The largest absolute Gasteiger partial charge is 0.465 e. The highest BCUT2D eigenvalue weighted by Crippen LogP contribution is 2.23. The van der Waals surface area contributed by atoms with Crippen LogP contribution in [0.1, 0.15) is 19.8 Å². The van der Waals surface area contributed by atoms with Gasteiger partial charge in [-0.05, 0) is 6.92 Å². The molecule has 1 rings (SSSR count). The van der Waals surface area contributed by atoms with Gasteiger partial charge in [0.15, 0.2) is 5.60 Å². The lowest BCUT2D eigenvalue weighted by atomic mass is 9.86. The summed E-state index contributed by atoms with van der Waals surface area (Å²) in [6.45, 7) is 1.90. The maximum atomic E-state index is 11.5. The van der Waals surface area contributed by atoms with Gasteiger partial charge in [0.1, 0.15) is 0 Å². The van der Waals surface area contributed by atoms with Crippen LogP contribution in [0.15, 0.2) is 0 Å². The van der Waals surface area contributed by atoms with E-state index in [4.69, 9.17) is 15.4 Å². The van der Waals surface area contributed by atoms with Gasteiger partial charge in [0.2, 0.25) is 0 Å². The van der Waals surface area contributed by atoms with Gasteiger partial charge in [0.25, 0.3) is 0 Å². The molecule has 1 aliphatic heterocycles. The van der Waals surface area contributed by atoms with Crippen molar-refractivity contribution in [2.45, 2.75) is 25.4 Å². The van der Waals surface area contributed by atoms with Crippen LogP contribution in [0.25, 0.3) is 0 Å². The van der Waals surface area contributed by atoms with E-state index in [-0.39, 0.29) is 38.2 Å². The van der Waals surface area contributed by atoms with Crippen LogP contribution in [0.2, 0.25) is 0 Å². The number of piperidine rings is 1. The fourth-order valence-corrected chi connectivity index (χ4v) is 1.84. The second-order valence-electron chi connectivity index (χ2n) is 3.98. The zero-order valence-corrected chi connectivity index (χ0v) is 10.0. The summed E-state index contributed by atoms with van der Waals surface area (Å²) in [4.78, 5) is 26.4. The van der Waals surface area contributed by atoms with Crippen LogP contribution in [0.4, 0.5) is 4.79 Å². The number of aliphatic hydroxyl groups is 1. The number of carbonyl (C=O) groups excluding carboxylic acids is 1. The molecule has 0 aromatic carbocycles. The number of likely N-dealkylation sites (tertiary alicyclic amines) is 1. The highest BCUT2D eigenvalue weighted by molar-refractivity contribution is 6.37. The number of carbonyl (C=O) groups is 2. The van der Waals surface area contributed by atoms with E-state index in [1.807, 2.05) is 0 Å². The van der Waals surface area contributed by atoms with E-state index >= 15 is 0 Å². The fraction of sp³-hybridized carbons (Fsp3) is 0.700. The zero-order valence-electron chi connectivity index (χ0n) is 10.0. The molecule has 0 unspecified atom stereocenters. The molecule has 1 saturated heterocycles. The van der Waals surface area contributed by atoms with Gasteiger partial charge in [-0.2, -0.15) is 0 Å². The molecule has 1 aliphatic rings. The Kier molecular flexibility index (Phi) is 4.41. The second kappa shape index (κ2) is 5.61. The highest BCUT2D eigenvalue weighted by Gasteiger charge is 2.50. The molecular formula is C10H16N3O5+. The minimum absolute atomic E-state index is 0.0236. The molecule has 0 aromatic heterocycles. The number of carboxylic acid groups (broad SMARTS) is 1. The van der Waals surface area contributed by atoms with Crippen molar-refractivity contribution < 1.29 is 29.3 Å². The van der Waals surface area contributed by atoms with E-state index in [0.717, 1.165) is 4.90 Å². The van der Waals surface area contributed by atoms with Crippen molar-refractivity contribution in [2.24, 2.45) is 0 Å². The van der Waals surface area contributed by atoms with Crippen molar-refractivity contribution in [1.82, 2.24) is 4.90 Å². The topological polar surface area (TPSA) is 125 Å². The first kappa shape index (κ1) is 14.1. The monoisotopic (exact) mass is 258 g/mol. The van der Waals surface area contributed by atoms with E-state index in [9.17, 15) is 14.7 Å². The van der Waals surface area contributed by atoms with Gasteiger partial charge in [-0.15, -0.1) is 0 Å². The minimum Gasteiger partial charge on any atom is -0.465 e. The third-order valence-corrected chi connectivity index (χ3v) is 2.88. The number of ether oxygens (including phenoxy) is 1.